The van der Waals surface area contributed by atoms with Crippen LogP contribution >= 0.6 is 0 Å². The highest BCUT2D eigenvalue weighted by Crippen LogP contribution is 2.38. The molecule has 4 rings (SSSR count). The molecule has 2 fully saturated rings. The van der Waals surface area contributed by atoms with Crippen LogP contribution in [0.3, 0.4) is 0 Å². The molecule has 0 aliphatic carbocycles. The van der Waals surface area contributed by atoms with Crippen molar-refractivity contribution in [2.45, 2.75) is 51.0 Å². The first-order valence-corrected chi connectivity index (χ1v) is 9.82. The molecule has 2 aromatic rings. The van der Waals surface area contributed by atoms with Gasteiger partial charge in [-0.15, -0.1) is 0 Å². The maximum atomic E-state index is 11.9. The van der Waals surface area contributed by atoms with Gasteiger partial charge in [-0.3, -0.25) is 9.78 Å². The van der Waals surface area contributed by atoms with Gasteiger partial charge in [0.05, 0.1) is 5.60 Å². The monoisotopic (exact) mass is 370 g/mol. The first-order chi connectivity index (χ1) is 13.2. The molecule has 0 radical (unpaired) electrons. The molecule has 27 heavy (non-hydrogen) atoms. The van der Waals surface area contributed by atoms with E-state index < -0.39 is 0 Å². The van der Waals surface area contributed by atoms with Gasteiger partial charge in [0, 0.05) is 50.5 Å². The third kappa shape index (κ3) is 4.03. The van der Waals surface area contributed by atoms with Crippen molar-refractivity contribution in [3.8, 4) is 11.4 Å². The Morgan fingerprint density at radius 2 is 2.07 bits per heavy atom. The second-order valence-electron chi connectivity index (χ2n) is 7.58. The number of hydrogen-bond donors (Lipinski definition) is 0. The Kier molecular flexibility index (Phi) is 5.20. The minimum atomic E-state index is -0.0958. The van der Waals surface area contributed by atoms with Gasteiger partial charge in [-0.25, -0.2) is 0 Å². The molecule has 0 bridgehead atoms. The second kappa shape index (κ2) is 7.76. The smallest absolute Gasteiger partial charge is 0.227 e. The van der Waals surface area contributed by atoms with Crippen molar-refractivity contribution >= 4 is 5.91 Å². The van der Waals surface area contributed by atoms with Gasteiger partial charge in [0.25, 0.3) is 0 Å². The highest BCUT2D eigenvalue weighted by atomic mass is 16.5. The van der Waals surface area contributed by atoms with E-state index in [4.69, 9.17) is 9.26 Å². The van der Waals surface area contributed by atoms with E-state index in [9.17, 15) is 4.79 Å². The normalized spacial score (nSPS) is 22.1. The van der Waals surface area contributed by atoms with Crippen LogP contribution < -0.4 is 0 Å². The van der Waals surface area contributed by atoms with E-state index in [1.807, 2.05) is 24.0 Å². The predicted molar refractivity (Wildman–Crippen MR) is 98.7 cm³/mol. The quantitative estimate of drug-likeness (QED) is 0.823. The Morgan fingerprint density at radius 3 is 2.81 bits per heavy atom. The van der Waals surface area contributed by atoms with E-state index in [2.05, 4.69) is 15.1 Å². The highest BCUT2D eigenvalue weighted by molar-refractivity contribution is 5.75. The van der Waals surface area contributed by atoms with Crippen LogP contribution in [-0.2, 0) is 16.0 Å². The maximum Gasteiger partial charge on any atom is 0.227 e. The Labute approximate surface area is 159 Å². The van der Waals surface area contributed by atoms with Crippen LogP contribution in [0.25, 0.3) is 11.4 Å². The summed E-state index contributed by atoms with van der Waals surface area (Å²) in [5, 5.41) is 4.11. The Hall–Kier alpha value is -2.28. The molecule has 1 amide bonds. The van der Waals surface area contributed by atoms with Gasteiger partial charge in [-0.2, -0.15) is 4.98 Å². The van der Waals surface area contributed by atoms with Crippen LogP contribution in [0.2, 0.25) is 0 Å². The molecule has 7 nitrogen and oxygen atoms in total. The molecule has 0 N–H and O–H groups in total. The molecule has 1 atom stereocenters. The van der Waals surface area contributed by atoms with Crippen molar-refractivity contribution in [2.24, 2.45) is 5.92 Å². The molecule has 1 unspecified atom stereocenters. The Bertz CT molecular complexity index is 769. The summed E-state index contributed by atoms with van der Waals surface area (Å²) in [6, 6.07) is 3.76. The first-order valence-electron chi connectivity index (χ1n) is 9.82. The summed E-state index contributed by atoms with van der Waals surface area (Å²) >= 11 is 0. The average Bonchev–Trinajstić information content (AvgIpc) is 3.17. The van der Waals surface area contributed by atoms with E-state index in [0.717, 1.165) is 57.4 Å². The van der Waals surface area contributed by atoms with Crippen molar-refractivity contribution in [1.82, 2.24) is 20.0 Å². The van der Waals surface area contributed by atoms with Crippen molar-refractivity contribution in [3.05, 3.63) is 30.4 Å². The van der Waals surface area contributed by atoms with Gasteiger partial charge >= 0.3 is 0 Å². The lowest BCUT2D eigenvalue weighted by molar-refractivity contribution is -0.147. The third-order valence-electron chi connectivity index (χ3n) is 5.79. The molecular formula is C20H26N4O3. The Balaban J connectivity index is 1.37. The fourth-order valence-electron chi connectivity index (χ4n) is 4.24. The molecule has 0 aromatic carbocycles. The predicted octanol–water partition coefficient (Wildman–Crippen LogP) is 2.87. The Morgan fingerprint density at radius 1 is 1.30 bits per heavy atom. The van der Waals surface area contributed by atoms with Crippen LogP contribution in [0.5, 0.6) is 0 Å². The number of ether oxygens (including phenoxy) is 1. The number of carbonyl (C=O) groups is 1. The molecule has 0 saturated carbocycles. The molecule has 2 aliphatic heterocycles. The van der Waals surface area contributed by atoms with Gasteiger partial charge in [0.15, 0.2) is 0 Å². The SMILES string of the molecule is CCC(=O)N1CCC2(CC1)CC(Cc1nc(-c3ccncc3)no1)CCO2. The van der Waals surface area contributed by atoms with Crippen LogP contribution in [0.4, 0.5) is 0 Å². The lowest BCUT2D eigenvalue weighted by Crippen LogP contribution is -2.50. The number of rotatable bonds is 4. The summed E-state index contributed by atoms with van der Waals surface area (Å²) in [7, 11) is 0. The molecule has 2 aliphatic rings. The van der Waals surface area contributed by atoms with E-state index in [-0.39, 0.29) is 11.5 Å². The summed E-state index contributed by atoms with van der Waals surface area (Å²) < 4.78 is 11.7. The van der Waals surface area contributed by atoms with Gasteiger partial charge < -0.3 is 14.2 Å². The van der Waals surface area contributed by atoms with Crippen molar-refractivity contribution in [1.29, 1.82) is 0 Å². The fourth-order valence-corrected chi connectivity index (χ4v) is 4.24. The third-order valence-corrected chi connectivity index (χ3v) is 5.79. The zero-order valence-corrected chi connectivity index (χ0v) is 15.8. The molecular weight excluding hydrogens is 344 g/mol. The molecule has 1 spiro atoms. The maximum absolute atomic E-state index is 11.9. The van der Waals surface area contributed by atoms with Gasteiger partial charge in [-0.05, 0) is 43.7 Å². The summed E-state index contributed by atoms with van der Waals surface area (Å²) in [4.78, 5) is 22.5. The minimum absolute atomic E-state index is 0.0958. The van der Waals surface area contributed by atoms with Crippen molar-refractivity contribution in [2.75, 3.05) is 19.7 Å². The van der Waals surface area contributed by atoms with Crippen LogP contribution in [0.15, 0.2) is 29.0 Å². The number of hydrogen-bond acceptors (Lipinski definition) is 6. The molecule has 144 valence electrons. The standard InChI is InChI=1S/C20H26N4O3/c1-2-18(25)24-10-6-20(7-11-24)14-15(5-12-26-20)13-17-22-19(23-27-17)16-3-8-21-9-4-16/h3-4,8-9,15H,2,5-7,10-14H2,1H3. The van der Waals surface area contributed by atoms with E-state index in [1.54, 1.807) is 12.4 Å². The van der Waals surface area contributed by atoms with Gasteiger partial charge in [-0.1, -0.05) is 12.1 Å². The summed E-state index contributed by atoms with van der Waals surface area (Å²) in [5.74, 6) is 2.01. The van der Waals surface area contributed by atoms with Gasteiger partial charge in [0.1, 0.15) is 0 Å². The lowest BCUT2D eigenvalue weighted by atomic mass is 9.78. The van der Waals surface area contributed by atoms with Crippen molar-refractivity contribution < 1.29 is 14.1 Å². The lowest BCUT2D eigenvalue weighted by Gasteiger charge is -2.46. The highest BCUT2D eigenvalue weighted by Gasteiger charge is 2.41. The van der Waals surface area contributed by atoms with Gasteiger partial charge in [0.2, 0.25) is 17.6 Å². The molecule has 2 saturated heterocycles. The van der Waals surface area contributed by atoms with E-state index >= 15 is 0 Å². The zero-order chi connectivity index (χ0) is 18.7. The number of nitrogens with zero attached hydrogens (tertiary/aromatic N) is 4. The van der Waals surface area contributed by atoms with E-state index in [1.165, 1.54) is 0 Å². The first kappa shape index (κ1) is 18.1. The molecule has 2 aromatic heterocycles. The minimum Gasteiger partial charge on any atom is -0.375 e. The number of likely N-dealkylation sites (tertiary alicyclic amines) is 1. The summed E-state index contributed by atoms with van der Waals surface area (Å²) in [5.41, 5.74) is 0.817. The zero-order valence-electron chi connectivity index (χ0n) is 15.8. The molecule has 4 heterocycles. The summed E-state index contributed by atoms with van der Waals surface area (Å²) in [6.07, 6.45) is 8.64. The summed E-state index contributed by atoms with van der Waals surface area (Å²) in [6.45, 7) is 4.28. The molecule has 7 heteroatoms. The average molecular weight is 370 g/mol. The second-order valence-corrected chi connectivity index (χ2v) is 7.58. The van der Waals surface area contributed by atoms with E-state index in [0.29, 0.717) is 24.1 Å². The van der Waals surface area contributed by atoms with Crippen LogP contribution in [-0.4, -0.2) is 51.2 Å². The largest absolute Gasteiger partial charge is 0.375 e. The number of aromatic nitrogens is 3. The van der Waals surface area contributed by atoms with Crippen LogP contribution in [0, 0.1) is 5.92 Å². The fraction of sp³-hybridized carbons (Fsp3) is 0.600. The van der Waals surface area contributed by atoms with Crippen LogP contribution in [0.1, 0.15) is 44.9 Å². The number of pyridine rings is 1. The number of piperidine rings is 1. The topological polar surface area (TPSA) is 81.4 Å². The number of amides is 1. The number of carbonyl (C=O) groups excluding carboxylic acids is 1. The van der Waals surface area contributed by atoms with Crippen molar-refractivity contribution in [3.63, 3.8) is 0 Å².